The van der Waals surface area contributed by atoms with Crippen molar-refractivity contribution in [3.05, 3.63) is 68.3 Å². The molecule has 2 heterocycles. The third-order valence-electron chi connectivity index (χ3n) is 6.02. The van der Waals surface area contributed by atoms with Gasteiger partial charge in [-0.25, -0.2) is 9.18 Å². The highest BCUT2D eigenvalue weighted by Gasteiger charge is 2.26. The van der Waals surface area contributed by atoms with E-state index in [1.54, 1.807) is 19.1 Å². The van der Waals surface area contributed by atoms with Gasteiger partial charge in [-0.2, -0.15) is 0 Å². The van der Waals surface area contributed by atoms with Gasteiger partial charge in [-0.1, -0.05) is 6.07 Å². The number of hydrogen-bond donors (Lipinski definition) is 0. The highest BCUT2D eigenvalue weighted by Crippen LogP contribution is 2.38. The van der Waals surface area contributed by atoms with Gasteiger partial charge < -0.3 is 14.1 Å². The summed E-state index contributed by atoms with van der Waals surface area (Å²) >= 11 is 0. The molecule has 0 fully saturated rings. The Morgan fingerprint density at radius 1 is 1.07 bits per heavy atom. The summed E-state index contributed by atoms with van der Waals surface area (Å²) in [5.74, 6) is 0.559. The number of nitrogens with zero attached hydrogens (tertiary/aromatic N) is 1. The van der Waals surface area contributed by atoms with Gasteiger partial charge >= 0.3 is 5.63 Å². The van der Waals surface area contributed by atoms with Crippen LogP contribution in [0.1, 0.15) is 40.7 Å². The van der Waals surface area contributed by atoms with Crippen LogP contribution in [0.4, 0.5) is 10.1 Å². The lowest BCUT2D eigenvalue weighted by molar-refractivity contribution is 0.287. The molecule has 0 bridgehead atoms. The number of rotatable bonds is 1. The van der Waals surface area contributed by atoms with Crippen molar-refractivity contribution in [2.45, 2.75) is 46.1 Å². The first-order chi connectivity index (χ1) is 13.5. The van der Waals surface area contributed by atoms with Crippen molar-refractivity contribution in [1.82, 2.24) is 0 Å². The van der Waals surface area contributed by atoms with Gasteiger partial charge in [0.25, 0.3) is 0 Å². The molecule has 5 rings (SSSR count). The van der Waals surface area contributed by atoms with Crippen LogP contribution in [0.25, 0.3) is 11.0 Å². The van der Waals surface area contributed by atoms with Gasteiger partial charge in [-0.15, -0.1) is 0 Å². The molecule has 5 heteroatoms. The zero-order chi connectivity index (χ0) is 19.4. The van der Waals surface area contributed by atoms with Crippen molar-refractivity contribution < 1.29 is 13.5 Å². The molecular weight excluding hydrogens is 357 g/mol. The standard InChI is InChI=1S/C23H22FNO3/c1-13-7-8-16(10-20(13)24)25-11-15-9-19-17-5-3-4-6-18(17)23(26)28-22(19)14(2)21(15)27-12-25/h7-10H,3-6,11-12H2,1-2H3. The Balaban J connectivity index is 1.63. The topological polar surface area (TPSA) is 42.7 Å². The molecule has 3 aromatic rings. The molecule has 4 nitrogen and oxygen atoms in total. The maximum Gasteiger partial charge on any atom is 0.339 e. The Kier molecular flexibility index (Phi) is 3.93. The normalized spacial score (nSPS) is 15.9. The van der Waals surface area contributed by atoms with E-state index in [4.69, 9.17) is 9.15 Å². The predicted octanol–water partition coefficient (Wildman–Crippen LogP) is 4.78. The maximum absolute atomic E-state index is 14.0. The van der Waals surface area contributed by atoms with Gasteiger partial charge in [0, 0.05) is 34.3 Å². The van der Waals surface area contributed by atoms with Crippen LogP contribution in [0, 0.1) is 19.7 Å². The molecule has 28 heavy (non-hydrogen) atoms. The molecular formula is C23H22FNO3. The molecule has 0 saturated carbocycles. The molecule has 1 aliphatic heterocycles. The lowest BCUT2D eigenvalue weighted by atomic mass is 9.89. The fraction of sp³-hybridized carbons (Fsp3) is 0.348. The maximum atomic E-state index is 14.0. The van der Waals surface area contributed by atoms with Crippen LogP contribution in [-0.4, -0.2) is 6.73 Å². The molecule has 0 N–H and O–H groups in total. The zero-order valence-corrected chi connectivity index (χ0v) is 16.1. The third-order valence-corrected chi connectivity index (χ3v) is 6.02. The van der Waals surface area contributed by atoms with Crippen LogP contribution in [-0.2, 0) is 19.4 Å². The average Bonchev–Trinajstić information content (AvgIpc) is 2.71. The van der Waals surface area contributed by atoms with E-state index in [-0.39, 0.29) is 11.4 Å². The Morgan fingerprint density at radius 3 is 2.64 bits per heavy atom. The first-order valence-electron chi connectivity index (χ1n) is 9.78. The van der Waals surface area contributed by atoms with Crippen LogP contribution in [0.5, 0.6) is 5.75 Å². The minimum Gasteiger partial charge on any atom is -0.472 e. The molecule has 144 valence electrons. The zero-order valence-electron chi connectivity index (χ0n) is 16.1. The summed E-state index contributed by atoms with van der Waals surface area (Å²) in [7, 11) is 0. The first-order valence-corrected chi connectivity index (χ1v) is 9.78. The Morgan fingerprint density at radius 2 is 1.86 bits per heavy atom. The summed E-state index contributed by atoms with van der Waals surface area (Å²) in [6.07, 6.45) is 3.81. The third kappa shape index (κ3) is 2.60. The number of aryl methyl sites for hydroxylation is 3. The molecule has 0 atom stereocenters. The number of ether oxygens (including phenoxy) is 1. The number of fused-ring (bicyclic) bond motifs is 4. The molecule has 1 aromatic heterocycles. The minimum absolute atomic E-state index is 0.210. The summed E-state index contributed by atoms with van der Waals surface area (Å²) < 4.78 is 25.7. The summed E-state index contributed by atoms with van der Waals surface area (Å²) in [5.41, 5.74) is 5.72. The molecule has 0 saturated heterocycles. The van der Waals surface area contributed by atoms with E-state index in [1.807, 2.05) is 17.9 Å². The molecule has 2 aliphatic rings. The highest BCUT2D eigenvalue weighted by molar-refractivity contribution is 5.87. The quantitative estimate of drug-likeness (QED) is 0.571. The summed E-state index contributed by atoms with van der Waals surface area (Å²) in [6.45, 7) is 4.66. The predicted molar refractivity (Wildman–Crippen MR) is 107 cm³/mol. The fourth-order valence-electron chi connectivity index (χ4n) is 4.45. The largest absolute Gasteiger partial charge is 0.472 e. The van der Waals surface area contributed by atoms with E-state index < -0.39 is 0 Å². The van der Waals surface area contributed by atoms with Crippen LogP contribution in [0.15, 0.2) is 33.5 Å². The molecule has 0 radical (unpaired) electrons. The van der Waals surface area contributed by atoms with Crippen LogP contribution in [0.3, 0.4) is 0 Å². The van der Waals surface area contributed by atoms with Crippen LogP contribution in [0.2, 0.25) is 0 Å². The molecule has 0 amide bonds. The number of benzene rings is 2. The Labute approximate surface area is 162 Å². The highest BCUT2D eigenvalue weighted by atomic mass is 19.1. The second-order valence-electron chi connectivity index (χ2n) is 7.83. The van der Waals surface area contributed by atoms with Crippen molar-refractivity contribution >= 4 is 16.7 Å². The van der Waals surface area contributed by atoms with Gasteiger partial charge in [0.2, 0.25) is 0 Å². The van der Waals surface area contributed by atoms with Crippen molar-refractivity contribution in [2.75, 3.05) is 11.6 Å². The van der Waals surface area contributed by atoms with Crippen molar-refractivity contribution in [1.29, 1.82) is 0 Å². The number of halogens is 1. The Bertz CT molecular complexity index is 1160. The van der Waals surface area contributed by atoms with Crippen LogP contribution < -0.4 is 15.3 Å². The van der Waals surface area contributed by atoms with E-state index >= 15 is 0 Å². The van der Waals surface area contributed by atoms with Gasteiger partial charge in [0.05, 0.1) is 0 Å². The van der Waals surface area contributed by atoms with Crippen molar-refractivity contribution in [2.24, 2.45) is 0 Å². The van der Waals surface area contributed by atoms with Gasteiger partial charge in [0.15, 0.2) is 6.73 Å². The van der Waals surface area contributed by atoms with Gasteiger partial charge in [-0.05, 0) is 68.9 Å². The SMILES string of the molecule is Cc1ccc(N2COc3c(cc4c5c(c(=O)oc4c3C)CCCC5)C2)cc1F. The fourth-order valence-corrected chi connectivity index (χ4v) is 4.45. The summed E-state index contributed by atoms with van der Waals surface area (Å²) in [4.78, 5) is 14.5. The van der Waals surface area contributed by atoms with Gasteiger partial charge in [0.1, 0.15) is 17.1 Å². The van der Waals surface area contributed by atoms with E-state index in [2.05, 4.69) is 6.07 Å². The summed E-state index contributed by atoms with van der Waals surface area (Å²) in [6, 6.07) is 7.36. The van der Waals surface area contributed by atoms with E-state index in [1.165, 1.54) is 0 Å². The van der Waals surface area contributed by atoms with E-state index in [0.29, 0.717) is 24.4 Å². The lowest BCUT2D eigenvalue weighted by Crippen LogP contribution is -2.32. The van der Waals surface area contributed by atoms with Crippen molar-refractivity contribution in [3.8, 4) is 5.75 Å². The molecule has 0 unspecified atom stereocenters. The second kappa shape index (κ2) is 6.36. The van der Waals surface area contributed by atoms with E-state index in [9.17, 15) is 9.18 Å². The molecule has 0 spiro atoms. The first kappa shape index (κ1) is 17.3. The Hall–Kier alpha value is -2.82. The van der Waals surface area contributed by atoms with Crippen LogP contribution >= 0.6 is 0 Å². The van der Waals surface area contributed by atoms with Gasteiger partial charge in [-0.3, -0.25) is 0 Å². The summed E-state index contributed by atoms with van der Waals surface area (Å²) in [5, 5.41) is 1.02. The lowest BCUT2D eigenvalue weighted by Gasteiger charge is -2.32. The smallest absolute Gasteiger partial charge is 0.339 e. The monoisotopic (exact) mass is 379 g/mol. The average molecular weight is 379 g/mol. The second-order valence-corrected chi connectivity index (χ2v) is 7.83. The minimum atomic E-state index is -0.214. The van der Waals surface area contributed by atoms with E-state index in [0.717, 1.165) is 64.8 Å². The number of anilines is 1. The van der Waals surface area contributed by atoms with Crippen molar-refractivity contribution in [3.63, 3.8) is 0 Å². The number of hydrogen-bond acceptors (Lipinski definition) is 4. The molecule has 1 aliphatic carbocycles. The molecule has 2 aromatic carbocycles.